The van der Waals surface area contributed by atoms with Crippen LogP contribution in [0.4, 0.5) is 0 Å². The van der Waals surface area contributed by atoms with Crippen LogP contribution < -0.4 is 5.73 Å². The maximum atomic E-state index is 11.2. The summed E-state index contributed by atoms with van der Waals surface area (Å²) in [6.07, 6.45) is 3.20. The molecule has 0 spiro atoms. The molecule has 0 saturated heterocycles. The first-order valence-corrected chi connectivity index (χ1v) is 5.44. The van der Waals surface area contributed by atoms with Crippen LogP contribution >= 0.6 is 0 Å². The first-order valence-electron chi connectivity index (χ1n) is 5.44. The summed E-state index contributed by atoms with van der Waals surface area (Å²) in [7, 11) is 0. The summed E-state index contributed by atoms with van der Waals surface area (Å²) in [6, 6.07) is 11.7. The molecule has 2 aromatic heterocycles. The molecule has 2 N–H and O–H groups in total. The Hall–Kier alpha value is -2.69. The molecule has 5 nitrogen and oxygen atoms in total. The molecule has 1 amide bonds. The van der Waals surface area contributed by atoms with Gasteiger partial charge in [-0.25, -0.2) is 9.97 Å². The third-order valence-corrected chi connectivity index (χ3v) is 2.73. The number of hydrogen-bond acceptors (Lipinski definition) is 3. The van der Waals surface area contributed by atoms with E-state index in [2.05, 4.69) is 9.97 Å². The molecule has 3 rings (SSSR count). The van der Waals surface area contributed by atoms with Crippen LogP contribution in [0.25, 0.3) is 16.9 Å². The second-order valence-corrected chi connectivity index (χ2v) is 3.85. The fourth-order valence-electron chi connectivity index (χ4n) is 1.92. The highest BCUT2D eigenvalue weighted by Gasteiger charge is 2.13. The van der Waals surface area contributed by atoms with Gasteiger partial charge in [0.1, 0.15) is 6.33 Å². The van der Waals surface area contributed by atoms with Gasteiger partial charge >= 0.3 is 0 Å². The second kappa shape index (κ2) is 3.96. The van der Waals surface area contributed by atoms with E-state index in [0.717, 1.165) is 11.3 Å². The Labute approximate surface area is 103 Å². The Bertz CT molecular complexity index is 718. The lowest BCUT2D eigenvalue weighted by atomic mass is 10.1. The molecule has 5 heteroatoms. The molecule has 18 heavy (non-hydrogen) atoms. The third-order valence-electron chi connectivity index (χ3n) is 2.73. The lowest BCUT2D eigenvalue weighted by Crippen LogP contribution is -2.12. The molecule has 88 valence electrons. The van der Waals surface area contributed by atoms with Crippen LogP contribution in [-0.2, 0) is 0 Å². The lowest BCUT2D eigenvalue weighted by molar-refractivity contribution is 0.0997. The van der Waals surface area contributed by atoms with Crippen molar-refractivity contribution < 1.29 is 4.79 Å². The van der Waals surface area contributed by atoms with Gasteiger partial charge in [-0.15, -0.1) is 0 Å². The highest BCUT2D eigenvalue weighted by Crippen LogP contribution is 2.20. The zero-order chi connectivity index (χ0) is 12.5. The first-order chi connectivity index (χ1) is 8.77. The summed E-state index contributed by atoms with van der Waals surface area (Å²) in [5.74, 6) is -0.574. The summed E-state index contributed by atoms with van der Waals surface area (Å²) >= 11 is 0. The van der Waals surface area contributed by atoms with Gasteiger partial charge in [-0.05, 0) is 11.6 Å². The summed E-state index contributed by atoms with van der Waals surface area (Å²) in [5, 5.41) is 0. The number of imidazole rings is 1. The van der Waals surface area contributed by atoms with E-state index in [4.69, 9.17) is 5.73 Å². The summed E-state index contributed by atoms with van der Waals surface area (Å²) in [5.41, 5.74) is 7.87. The number of benzene rings is 1. The minimum atomic E-state index is -0.574. The predicted molar refractivity (Wildman–Crippen MR) is 66.9 cm³/mol. The van der Waals surface area contributed by atoms with Gasteiger partial charge in [0.2, 0.25) is 0 Å². The first kappa shape index (κ1) is 10.5. The SMILES string of the molecule is NC(=O)c1ncn2c(-c3ccccc3)ccnc12. The fourth-order valence-corrected chi connectivity index (χ4v) is 1.92. The van der Waals surface area contributed by atoms with E-state index in [1.165, 1.54) is 0 Å². The number of carbonyl (C=O) groups excluding carboxylic acids is 1. The molecule has 2 heterocycles. The van der Waals surface area contributed by atoms with Crippen LogP contribution in [0.15, 0.2) is 48.9 Å². The van der Waals surface area contributed by atoms with E-state index in [1.807, 2.05) is 36.4 Å². The Kier molecular flexibility index (Phi) is 2.30. The van der Waals surface area contributed by atoms with Crippen LogP contribution in [0, 0.1) is 0 Å². The number of nitrogens with two attached hydrogens (primary N) is 1. The largest absolute Gasteiger partial charge is 0.364 e. The quantitative estimate of drug-likeness (QED) is 0.735. The molecule has 0 unspecified atom stereocenters. The number of hydrogen-bond donors (Lipinski definition) is 1. The van der Waals surface area contributed by atoms with Gasteiger partial charge in [0, 0.05) is 6.20 Å². The van der Waals surface area contributed by atoms with Crippen LogP contribution in [0.2, 0.25) is 0 Å². The summed E-state index contributed by atoms with van der Waals surface area (Å²) in [4.78, 5) is 19.4. The Morgan fingerprint density at radius 2 is 1.89 bits per heavy atom. The topological polar surface area (TPSA) is 73.3 Å². The van der Waals surface area contributed by atoms with Gasteiger partial charge in [0.25, 0.3) is 5.91 Å². The zero-order valence-corrected chi connectivity index (χ0v) is 9.45. The average molecular weight is 238 g/mol. The maximum Gasteiger partial charge on any atom is 0.271 e. The summed E-state index contributed by atoms with van der Waals surface area (Å²) in [6.45, 7) is 0. The third kappa shape index (κ3) is 1.53. The predicted octanol–water partition coefficient (Wildman–Crippen LogP) is 1.50. The van der Waals surface area contributed by atoms with Crippen molar-refractivity contribution in [3.63, 3.8) is 0 Å². The molecule has 0 bridgehead atoms. The van der Waals surface area contributed by atoms with Crippen molar-refractivity contribution in [2.24, 2.45) is 5.73 Å². The number of aromatic nitrogens is 3. The van der Waals surface area contributed by atoms with Gasteiger partial charge in [0.05, 0.1) is 5.69 Å². The Balaban J connectivity index is 2.29. The van der Waals surface area contributed by atoms with Gasteiger partial charge < -0.3 is 5.73 Å². The normalized spacial score (nSPS) is 10.7. The minimum Gasteiger partial charge on any atom is -0.364 e. The molecular weight excluding hydrogens is 228 g/mol. The van der Waals surface area contributed by atoms with E-state index in [1.54, 1.807) is 16.9 Å². The number of primary amides is 1. The molecule has 1 aromatic carbocycles. The Morgan fingerprint density at radius 1 is 1.11 bits per heavy atom. The van der Waals surface area contributed by atoms with Crippen molar-refractivity contribution in [1.82, 2.24) is 14.4 Å². The van der Waals surface area contributed by atoms with Crippen molar-refractivity contribution in [2.45, 2.75) is 0 Å². The van der Waals surface area contributed by atoms with Gasteiger partial charge in [-0.2, -0.15) is 0 Å². The van der Waals surface area contributed by atoms with Gasteiger partial charge in [0.15, 0.2) is 11.3 Å². The van der Waals surface area contributed by atoms with Crippen LogP contribution in [0.1, 0.15) is 10.5 Å². The smallest absolute Gasteiger partial charge is 0.271 e. The Morgan fingerprint density at radius 3 is 2.61 bits per heavy atom. The number of carbonyl (C=O) groups is 1. The van der Waals surface area contributed by atoms with Crippen molar-refractivity contribution in [2.75, 3.05) is 0 Å². The molecule has 0 aliphatic carbocycles. The molecule has 0 saturated carbocycles. The molecule has 0 radical (unpaired) electrons. The molecule has 3 aromatic rings. The van der Waals surface area contributed by atoms with E-state index < -0.39 is 5.91 Å². The van der Waals surface area contributed by atoms with E-state index in [9.17, 15) is 4.79 Å². The number of nitrogens with zero attached hydrogens (tertiary/aromatic N) is 3. The molecule has 0 aliphatic heterocycles. The highest BCUT2D eigenvalue weighted by atomic mass is 16.1. The number of amides is 1. The number of rotatable bonds is 2. The van der Waals surface area contributed by atoms with Crippen LogP contribution in [0.3, 0.4) is 0 Å². The van der Waals surface area contributed by atoms with Crippen molar-refractivity contribution in [3.8, 4) is 11.3 Å². The monoisotopic (exact) mass is 238 g/mol. The van der Waals surface area contributed by atoms with E-state index in [0.29, 0.717) is 5.65 Å². The minimum absolute atomic E-state index is 0.188. The highest BCUT2D eigenvalue weighted by molar-refractivity contribution is 5.97. The maximum absolute atomic E-state index is 11.2. The van der Waals surface area contributed by atoms with Crippen LogP contribution in [0.5, 0.6) is 0 Å². The number of fused-ring (bicyclic) bond motifs is 1. The van der Waals surface area contributed by atoms with E-state index >= 15 is 0 Å². The average Bonchev–Trinajstić information content (AvgIpc) is 2.83. The standard InChI is InChI=1S/C13H10N4O/c14-12(18)11-13-15-7-6-10(17(13)8-16-11)9-4-2-1-3-5-9/h1-8H,(H2,14,18). The second-order valence-electron chi connectivity index (χ2n) is 3.85. The van der Waals surface area contributed by atoms with Crippen LogP contribution in [-0.4, -0.2) is 20.3 Å². The van der Waals surface area contributed by atoms with Gasteiger partial charge in [-0.3, -0.25) is 9.20 Å². The zero-order valence-electron chi connectivity index (χ0n) is 9.45. The fraction of sp³-hybridized carbons (Fsp3) is 0. The molecular formula is C13H10N4O. The molecule has 0 atom stereocenters. The van der Waals surface area contributed by atoms with Crippen molar-refractivity contribution >= 4 is 11.6 Å². The van der Waals surface area contributed by atoms with Crippen molar-refractivity contribution in [1.29, 1.82) is 0 Å². The van der Waals surface area contributed by atoms with E-state index in [-0.39, 0.29) is 5.69 Å². The summed E-state index contributed by atoms with van der Waals surface area (Å²) < 4.78 is 1.76. The van der Waals surface area contributed by atoms with Crippen molar-refractivity contribution in [3.05, 3.63) is 54.6 Å². The lowest BCUT2D eigenvalue weighted by Gasteiger charge is -2.04. The molecule has 0 aliphatic rings. The van der Waals surface area contributed by atoms with Gasteiger partial charge in [-0.1, -0.05) is 30.3 Å². The molecule has 0 fully saturated rings.